The Hall–Kier alpha value is -1.10. The molecule has 1 heterocycles. The molecule has 1 rings (SSSR count). The number of amides is 1. The fourth-order valence-electron chi connectivity index (χ4n) is 1.72. The largest absolute Gasteiger partial charge is 0.459 e. The van der Waals surface area contributed by atoms with Gasteiger partial charge >= 0.3 is 11.9 Å². The van der Waals surface area contributed by atoms with Gasteiger partial charge in [-0.2, -0.15) is 0 Å². The van der Waals surface area contributed by atoms with Gasteiger partial charge in [0.05, 0.1) is 6.61 Å². The highest BCUT2D eigenvalue weighted by Crippen LogP contribution is 2.09. The molecular weight excluding hydrogens is 196 g/mol. The number of hydrogen-bond acceptors (Lipinski definition) is 4. The highest BCUT2D eigenvalue weighted by molar-refractivity contribution is 6.32. The molecule has 0 aliphatic carbocycles. The van der Waals surface area contributed by atoms with Crippen LogP contribution >= 0.6 is 0 Å². The molecule has 5 heteroatoms. The normalized spacial score (nSPS) is 20.4. The lowest BCUT2D eigenvalue weighted by molar-refractivity contribution is -0.159. The quantitative estimate of drug-likeness (QED) is 0.520. The Morgan fingerprint density at radius 1 is 1.47 bits per heavy atom. The van der Waals surface area contributed by atoms with E-state index < -0.39 is 11.9 Å². The second-order valence-corrected chi connectivity index (χ2v) is 3.51. The Balaban J connectivity index is 2.39. The first-order chi connectivity index (χ1) is 7.19. The number of nitrogens with one attached hydrogen (secondary N) is 1. The first-order valence-corrected chi connectivity index (χ1v) is 5.38. The molecule has 86 valence electrons. The van der Waals surface area contributed by atoms with Crippen LogP contribution in [0.4, 0.5) is 0 Å². The predicted molar refractivity (Wildman–Crippen MR) is 55.3 cm³/mol. The number of carbonyl (C=O) groups excluding carboxylic acids is 2. The van der Waals surface area contributed by atoms with Gasteiger partial charge in [0.1, 0.15) is 0 Å². The molecule has 0 aromatic carbocycles. The van der Waals surface area contributed by atoms with Crippen LogP contribution in [0.1, 0.15) is 20.3 Å². The molecule has 1 unspecified atom stereocenters. The van der Waals surface area contributed by atoms with Crippen LogP contribution in [0.15, 0.2) is 0 Å². The minimum absolute atomic E-state index is 0.245. The molecule has 0 saturated carbocycles. The lowest BCUT2D eigenvalue weighted by Crippen LogP contribution is -2.39. The summed E-state index contributed by atoms with van der Waals surface area (Å²) >= 11 is 0. The molecule has 15 heavy (non-hydrogen) atoms. The lowest BCUT2D eigenvalue weighted by atomic mass is 10.3. The maximum Gasteiger partial charge on any atom is 0.397 e. The van der Waals surface area contributed by atoms with Crippen molar-refractivity contribution in [3.63, 3.8) is 0 Å². The van der Waals surface area contributed by atoms with Crippen molar-refractivity contribution < 1.29 is 14.3 Å². The number of likely N-dealkylation sites (N-methyl/N-ethyl adjacent to an activating group) is 1. The highest BCUT2D eigenvalue weighted by Gasteiger charge is 2.30. The summed E-state index contributed by atoms with van der Waals surface area (Å²) in [5, 5.41) is 3.25. The van der Waals surface area contributed by atoms with Gasteiger partial charge in [-0.15, -0.1) is 0 Å². The van der Waals surface area contributed by atoms with Crippen LogP contribution in [-0.4, -0.2) is 49.1 Å². The number of esters is 1. The summed E-state index contributed by atoms with van der Waals surface area (Å²) in [6, 6.07) is 0.313. The van der Waals surface area contributed by atoms with E-state index in [0.29, 0.717) is 19.1 Å². The number of carbonyl (C=O) groups is 2. The van der Waals surface area contributed by atoms with Crippen LogP contribution in [0.2, 0.25) is 0 Å². The minimum atomic E-state index is -0.741. The molecule has 5 nitrogen and oxygen atoms in total. The third kappa shape index (κ3) is 3.20. The van der Waals surface area contributed by atoms with E-state index in [-0.39, 0.29) is 6.61 Å². The summed E-state index contributed by atoms with van der Waals surface area (Å²) in [5.41, 5.74) is 0. The van der Waals surface area contributed by atoms with Crippen molar-refractivity contribution in [3.05, 3.63) is 0 Å². The average molecular weight is 214 g/mol. The molecule has 1 fully saturated rings. The third-order valence-corrected chi connectivity index (χ3v) is 2.42. The summed E-state index contributed by atoms with van der Waals surface area (Å²) in [7, 11) is 0. The third-order valence-electron chi connectivity index (χ3n) is 2.42. The second-order valence-electron chi connectivity index (χ2n) is 3.51. The van der Waals surface area contributed by atoms with Gasteiger partial charge in [0, 0.05) is 19.1 Å². The summed E-state index contributed by atoms with van der Waals surface area (Å²) < 4.78 is 4.66. The molecule has 1 aliphatic rings. The topological polar surface area (TPSA) is 58.6 Å². The highest BCUT2D eigenvalue weighted by atomic mass is 16.5. The van der Waals surface area contributed by atoms with E-state index in [9.17, 15) is 9.59 Å². The fourth-order valence-corrected chi connectivity index (χ4v) is 1.72. The maximum atomic E-state index is 11.5. The average Bonchev–Trinajstić information content (AvgIpc) is 2.66. The van der Waals surface area contributed by atoms with Crippen molar-refractivity contribution in [3.8, 4) is 0 Å². The zero-order valence-corrected chi connectivity index (χ0v) is 9.28. The Bertz CT molecular complexity index is 243. The van der Waals surface area contributed by atoms with Crippen LogP contribution < -0.4 is 5.32 Å². The molecule has 1 aliphatic heterocycles. The monoisotopic (exact) mass is 214 g/mol. The smallest absolute Gasteiger partial charge is 0.397 e. The molecule has 1 atom stereocenters. The Morgan fingerprint density at radius 2 is 2.20 bits per heavy atom. The molecule has 0 bridgehead atoms. The molecule has 0 radical (unpaired) electrons. The van der Waals surface area contributed by atoms with Gasteiger partial charge in [-0.1, -0.05) is 6.92 Å². The van der Waals surface area contributed by atoms with E-state index in [0.717, 1.165) is 13.0 Å². The van der Waals surface area contributed by atoms with Crippen molar-refractivity contribution in [2.75, 3.05) is 26.2 Å². The maximum absolute atomic E-state index is 11.5. The minimum Gasteiger partial charge on any atom is -0.459 e. The SMILES string of the molecule is CCNC1CCN(C(=O)C(=O)OCC)C1. The van der Waals surface area contributed by atoms with Gasteiger partial charge in [0.2, 0.25) is 0 Å². The van der Waals surface area contributed by atoms with E-state index in [1.54, 1.807) is 11.8 Å². The molecule has 0 aromatic heterocycles. The van der Waals surface area contributed by atoms with Gasteiger partial charge in [-0.25, -0.2) is 4.79 Å². The molecule has 0 spiro atoms. The summed E-state index contributed by atoms with van der Waals surface area (Å²) in [4.78, 5) is 24.2. The molecular formula is C10H18N2O3. The Morgan fingerprint density at radius 3 is 2.80 bits per heavy atom. The second kappa shape index (κ2) is 5.70. The predicted octanol–water partition coefficient (Wildman–Crippen LogP) is -0.240. The summed E-state index contributed by atoms with van der Waals surface area (Å²) in [6.45, 7) is 6.08. The van der Waals surface area contributed by atoms with E-state index >= 15 is 0 Å². The van der Waals surface area contributed by atoms with Crippen LogP contribution in [0.3, 0.4) is 0 Å². The van der Waals surface area contributed by atoms with Crippen molar-refractivity contribution in [1.29, 1.82) is 0 Å². The molecule has 0 aromatic rings. The van der Waals surface area contributed by atoms with Crippen LogP contribution in [0.5, 0.6) is 0 Å². The van der Waals surface area contributed by atoms with Gasteiger partial charge in [-0.05, 0) is 19.9 Å². The molecule has 1 N–H and O–H groups in total. The van der Waals surface area contributed by atoms with E-state index in [1.807, 2.05) is 6.92 Å². The van der Waals surface area contributed by atoms with Gasteiger partial charge in [-0.3, -0.25) is 4.79 Å². The van der Waals surface area contributed by atoms with Crippen LogP contribution in [0.25, 0.3) is 0 Å². The standard InChI is InChI=1S/C10H18N2O3/c1-3-11-8-5-6-12(7-8)9(13)10(14)15-4-2/h8,11H,3-7H2,1-2H3. The first-order valence-electron chi connectivity index (χ1n) is 5.38. The van der Waals surface area contributed by atoms with Crippen molar-refractivity contribution >= 4 is 11.9 Å². The lowest BCUT2D eigenvalue weighted by Gasteiger charge is -2.15. The Kier molecular flexibility index (Phi) is 4.55. The van der Waals surface area contributed by atoms with E-state index in [1.165, 1.54) is 0 Å². The number of nitrogens with zero attached hydrogens (tertiary/aromatic N) is 1. The van der Waals surface area contributed by atoms with Crippen molar-refractivity contribution in [2.45, 2.75) is 26.3 Å². The summed E-state index contributed by atoms with van der Waals surface area (Å²) in [6.07, 6.45) is 0.902. The zero-order valence-electron chi connectivity index (χ0n) is 9.28. The molecule has 1 saturated heterocycles. The van der Waals surface area contributed by atoms with Gasteiger partial charge < -0.3 is 15.0 Å². The van der Waals surface area contributed by atoms with Crippen LogP contribution in [0, 0.1) is 0 Å². The molecule has 1 amide bonds. The van der Waals surface area contributed by atoms with Gasteiger partial charge in [0.15, 0.2) is 0 Å². The van der Waals surface area contributed by atoms with E-state index in [4.69, 9.17) is 0 Å². The number of likely N-dealkylation sites (tertiary alicyclic amines) is 1. The number of hydrogen-bond donors (Lipinski definition) is 1. The van der Waals surface area contributed by atoms with Crippen molar-refractivity contribution in [2.24, 2.45) is 0 Å². The fraction of sp³-hybridized carbons (Fsp3) is 0.800. The Labute approximate surface area is 89.8 Å². The van der Waals surface area contributed by atoms with E-state index in [2.05, 4.69) is 10.1 Å². The van der Waals surface area contributed by atoms with Gasteiger partial charge in [0.25, 0.3) is 0 Å². The first kappa shape index (κ1) is 12.0. The zero-order chi connectivity index (χ0) is 11.3. The number of rotatable bonds is 3. The van der Waals surface area contributed by atoms with Crippen LogP contribution in [-0.2, 0) is 14.3 Å². The number of ether oxygens (including phenoxy) is 1. The van der Waals surface area contributed by atoms with Crippen molar-refractivity contribution in [1.82, 2.24) is 10.2 Å². The summed E-state index contributed by atoms with van der Waals surface area (Å²) in [5.74, 6) is -1.26.